The zero-order chi connectivity index (χ0) is 14.4. The van der Waals surface area contributed by atoms with Crippen LogP contribution in [0.3, 0.4) is 0 Å². The summed E-state index contributed by atoms with van der Waals surface area (Å²) in [5.41, 5.74) is 0.576. The van der Waals surface area contributed by atoms with Crippen LogP contribution in [-0.2, 0) is 4.79 Å². The summed E-state index contributed by atoms with van der Waals surface area (Å²) in [6.07, 6.45) is 1.80. The highest BCUT2D eigenvalue weighted by Crippen LogP contribution is 2.23. The van der Waals surface area contributed by atoms with Crippen molar-refractivity contribution < 1.29 is 9.18 Å². The highest BCUT2D eigenvalue weighted by molar-refractivity contribution is 9.10. The van der Waals surface area contributed by atoms with Crippen LogP contribution < -0.4 is 10.6 Å². The van der Waals surface area contributed by atoms with Crippen LogP contribution in [0.1, 0.15) is 33.6 Å². The lowest BCUT2D eigenvalue weighted by molar-refractivity contribution is -0.122. The van der Waals surface area contributed by atoms with Crippen molar-refractivity contribution in [3.05, 3.63) is 28.5 Å². The van der Waals surface area contributed by atoms with E-state index in [9.17, 15) is 9.18 Å². The summed E-state index contributed by atoms with van der Waals surface area (Å²) < 4.78 is 13.9. The van der Waals surface area contributed by atoms with Crippen molar-refractivity contribution in [1.82, 2.24) is 5.32 Å². The Kier molecular flexibility index (Phi) is 6.28. The van der Waals surface area contributed by atoms with E-state index < -0.39 is 6.04 Å². The van der Waals surface area contributed by atoms with Gasteiger partial charge in [0.2, 0.25) is 5.91 Å². The van der Waals surface area contributed by atoms with Gasteiger partial charge in [-0.3, -0.25) is 4.79 Å². The quantitative estimate of drug-likeness (QED) is 0.835. The molecule has 0 aliphatic carbocycles. The number of benzene rings is 1. The SMILES string of the molecule is CCC(CC)NC(=O)C(C)Nc1cc(F)ccc1Br. The monoisotopic (exact) mass is 330 g/mol. The fraction of sp³-hybridized carbons (Fsp3) is 0.500. The van der Waals surface area contributed by atoms with E-state index in [0.29, 0.717) is 5.69 Å². The molecule has 106 valence electrons. The lowest BCUT2D eigenvalue weighted by Gasteiger charge is -2.20. The van der Waals surface area contributed by atoms with E-state index in [2.05, 4.69) is 26.6 Å². The van der Waals surface area contributed by atoms with Crippen molar-refractivity contribution in [1.29, 1.82) is 0 Å². The average Bonchev–Trinajstić information content (AvgIpc) is 2.39. The molecule has 3 nitrogen and oxygen atoms in total. The number of anilines is 1. The minimum Gasteiger partial charge on any atom is -0.373 e. The van der Waals surface area contributed by atoms with Crippen molar-refractivity contribution in [2.75, 3.05) is 5.32 Å². The molecule has 0 heterocycles. The van der Waals surface area contributed by atoms with Gasteiger partial charge >= 0.3 is 0 Å². The molecule has 1 atom stereocenters. The van der Waals surface area contributed by atoms with Crippen LogP contribution >= 0.6 is 15.9 Å². The first kappa shape index (κ1) is 16.0. The van der Waals surface area contributed by atoms with Gasteiger partial charge in [-0.1, -0.05) is 13.8 Å². The van der Waals surface area contributed by atoms with Gasteiger partial charge in [0.25, 0.3) is 0 Å². The van der Waals surface area contributed by atoms with E-state index in [0.717, 1.165) is 17.3 Å². The lowest BCUT2D eigenvalue weighted by atomic mass is 10.1. The number of nitrogens with one attached hydrogen (secondary N) is 2. The number of hydrogen-bond acceptors (Lipinski definition) is 2. The van der Waals surface area contributed by atoms with Crippen LogP contribution in [0.25, 0.3) is 0 Å². The summed E-state index contributed by atoms with van der Waals surface area (Å²) in [6.45, 7) is 5.83. The van der Waals surface area contributed by atoms with Crippen molar-refractivity contribution >= 4 is 27.5 Å². The fourth-order valence-corrected chi connectivity index (χ4v) is 2.09. The highest BCUT2D eigenvalue weighted by atomic mass is 79.9. The molecule has 1 aromatic carbocycles. The zero-order valence-electron chi connectivity index (χ0n) is 11.5. The van der Waals surface area contributed by atoms with E-state index in [1.165, 1.54) is 12.1 Å². The van der Waals surface area contributed by atoms with Crippen molar-refractivity contribution in [2.45, 2.75) is 45.7 Å². The lowest BCUT2D eigenvalue weighted by Crippen LogP contribution is -2.42. The largest absolute Gasteiger partial charge is 0.373 e. The summed E-state index contributed by atoms with van der Waals surface area (Å²) in [5, 5.41) is 5.97. The summed E-state index contributed by atoms with van der Waals surface area (Å²) in [5.74, 6) is -0.414. The molecule has 1 unspecified atom stereocenters. The normalized spacial score (nSPS) is 12.3. The first-order valence-corrected chi connectivity index (χ1v) is 7.29. The van der Waals surface area contributed by atoms with Crippen molar-refractivity contribution in [3.63, 3.8) is 0 Å². The second-order valence-corrected chi connectivity index (χ2v) is 5.37. The van der Waals surface area contributed by atoms with Gasteiger partial charge < -0.3 is 10.6 Å². The third kappa shape index (κ3) is 4.82. The highest BCUT2D eigenvalue weighted by Gasteiger charge is 2.16. The molecule has 0 saturated heterocycles. The first-order chi connectivity index (χ1) is 8.97. The molecule has 19 heavy (non-hydrogen) atoms. The van der Waals surface area contributed by atoms with Gasteiger partial charge in [0, 0.05) is 10.5 Å². The van der Waals surface area contributed by atoms with Gasteiger partial charge in [-0.05, 0) is 53.9 Å². The fourth-order valence-electron chi connectivity index (χ4n) is 1.73. The Bertz CT molecular complexity index is 435. The number of carbonyl (C=O) groups is 1. The molecule has 0 bridgehead atoms. The topological polar surface area (TPSA) is 41.1 Å². The van der Waals surface area contributed by atoms with E-state index in [4.69, 9.17) is 0 Å². The molecule has 5 heteroatoms. The molecule has 2 N–H and O–H groups in total. The molecule has 0 fully saturated rings. The third-order valence-corrected chi connectivity index (χ3v) is 3.72. The van der Waals surface area contributed by atoms with Crippen LogP contribution in [0, 0.1) is 5.82 Å². The molecule has 0 aromatic heterocycles. The number of amides is 1. The molecule has 1 amide bonds. The number of hydrogen-bond donors (Lipinski definition) is 2. The Morgan fingerprint density at radius 3 is 2.58 bits per heavy atom. The van der Waals surface area contributed by atoms with Crippen molar-refractivity contribution in [3.8, 4) is 0 Å². The maximum Gasteiger partial charge on any atom is 0.242 e. The van der Waals surface area contributed by atoms with Crippen LogP contribution in [0.5, 0.6) is 0 Å². The van der Waals surface area contributed by atoms with Gasteiger partial charge in [-0.2, -0.15) is 0 Å². The first-order valence-electron chi connectivity index (χ1n) is 6.49. The summed E-state index contributed by atoms with van der Waals surface area (Å²) in [4.78, 5) is 12.0. The van der Waals surface area contributed by atoms with Gasteiger partial charge in [-0.15, -0.1) is 0 Å². The van der Waals surface area contributed by atoms with E-state index in [-0.39, 0.29) is 17.8 Å². The Morgan fingerprint density at radius 2 is 2.00 bits per heavy atom. The second-order valence-electron chi connectivity index (χ2n) is 4.51. The minimum atomic E-state index is -0.418. The van der Waals surface area contributed by atoms with Gasteiger partial charge in [0.15, 0.2) is 0 Å². The Balaban J connectivity index is 2.65. The molecule has 0 radical (unpaired) electrons. The molecular formula is C14H20BrFN2O. The molecule has 0 aliphatic rings. The Hall–Kier alpha value is -1.10. The van der Waals surface area contributed by atoms with E-state index in [1.807, 2.05) is 13.8 Å². The summed E-state index contributed by atoms with van der Waals surface area (Å²) in [7, 11) is 0. The van der Waals surface area contributed by atoms with Gasteiger partial charge in [0.1, 0.15) is 11.9 Å². The maximum absolute atomic E-state index is 13.2. The van der Waals surface area contributed by atoms with E-state index >= 15 is 0 Å². The predicted octanol–water partition coefficient (Wildman–Crippen LogP) is 3.69. The van der Waals surface area contributed by atoms with Crippen LogP contribution in [-0.4, -0.2) is 18.0 Å². The Labute approximate surface area is 122 Å². The molecule has 0 aliphatic heterocycles. The second kappa shape index (κ2) is 7.48. The third-order valence-electron chi connectivity index (χ3n) is 3.03. The molecular weight excluding hydrogens is 311 g/mol. The smallest absolute Gasteiger partial charge is 0.242 e. The number of halogens is 2. The van der Waals surface area contributed by atoms with Crippen LogP contribution in [0.2, 0.25) is 0 Å². The molecule has 1 aromatic rings. The molecule has 0 spiro atoms. The van der Waals surface area contributed by atoms with Crippen LogP contribution in [0.4, 0.5) is 10.1 Å². The average molecular weight is 331 g/mol. The van der Waals surface area contributed by atoms with Gasteiger partial charge in [0.05, 0.1) is 5.69 Å². The predicted molar refractivity (Wildman–Crippen MR) is 79.7 cm³/mol. The Morgan fingerprint density at radius 1 is 1.37 bits per heavy atom. The maximum atomic E-state index is 13.2. The molecule has 0 saturated carbocycles. The van der Waals surface area contributed by atoms with E-state index in [1.54, 1.807) is 13.0 Å². The molecule has 1 rings (SSSR count). The minimum absolute atomic E-state index is 0.0788. The summed E-state index contributed by atoms with van der Waals surface area (Å²) >= 11 is 3.33. The summed E-state index contributed by atoms with van der Waals surface area (Å²) in [6, 6.07) is 4.12. The zero-order valence-corrected chi connectivity index (χ0v) is 13.1. The number of carbonyl (C=O) groups excluding carboxylic acids is 1. The van der Waals surface area contributed by atoms with Gasteiger partial charge in [-0.25, -0.2) is 4.39 Å². The number of rotatable bonds is 6. The van der Waals surface area contributed by atoms with Crippen LogP contribution in [0.15, 0.2) is 22.7 Å². The standard InChI is InChI=1S/C14H20BrFN2O/c1-4-11(5-2)18-14(19)9(3)17-13-8-10(16)6-7-12(13)15/h6-9,11,17H,4-5H2,1-3H3,(H,18,19). The van der Waals surface area contributed by atoms with Crippen molar-refractivity contribution in [2.24, 2.45) is 0 Å².